The van der Waals surface area contributed by atoms with Gasteiger partial charge in [0, 0.05) is 17.8 Å². The van der Waals surface area contributed by atoms with Gasteiger partial charge in [0.05, 0.1) is 6.04 Å². The molecule has 2 N–H and O–H groups in total. The molecule has 0 aliphatic carbocycles. The van der Waals surface area contributed by atoms with Gasteiger partial charge in [-0.15, -0.1) is 11.3 Å². The molecule has 0 saturated carbocycles. The molecular formula is C14H16N6O2S. The number of nitrogens with one attached hydrogen (secondary N) is 2. The van der Waals surface area contributed by atoms with Gasteiger partial charge < -0.3 is 5.32 Å². The number of rotatable bonds is 4. The summed E-state index contributed by atoms with van der Waals surface area (Å²) >= 11 is 1.34. The molecule has 8 nitrogen and oxygen atoms in total. The summed E-state index contributed by atoms with van der Waals surface area (Å²) in [6, 6.07) is -0.393. The van der Waals surface area contributed by atoms with Crippen LogP contribution in [0.5, 0.6) is 0 Å². The third kappa shape index (κ3) is 2.87. The third-order valence-electron chi connectivity index (χ3n) is 3.43. The first kappa shape index (κ1) is 15.3. The van der Waals surface area contributed by atoms with E-state index in [4.69, 9.17) is 0 Å². The average Bonchev–Trinajstić information content (AvgIpc) is 3.13. The fourth-order valence-electron chi connectivity index (χ4n) is 2.23. The van der Waals surface area contributed by atoms with Crippen molar-refractivity contribution in [3.8, 4) is 0 Å². The van der Waals surface area contributed by atoms with Gasteiger partial charge in [-0.1, -0.05) is 13.8 Å². The molecule has 0 aliphatic rings. The smallest absolute Gasteiger partial charge is 0.271 e. The van der Waals surface area contributed by atoms with Crippen molar-refractivity contribution in [1.82, 2.24) is 29.9 Å². The first-order chi connectivity index (χ1) is 11.0. The molecule has 3 heterocycles. The third-order valence-corrected chi connectivity index (χ3v) is 4.20. The van der Waals surface area contributed by atoms with Gasteiger partial charge in [0.2, 0.25) is 0 Å². The van der Waals surface area contributed by atoms with E-state index < -0.39 is 11.9 Å². The maximum Gasteiger partial charge on any atom is 0.271 e. The van der Waals surface area contributed by atoms with Crippen LogP contribution >= 0.6 is 11.3 Å². The maximum absolute atomic E-state index is 12.5. The van der Waals surface area contributed by atoms with Crippen molar-refractivity contribution in [3.05, 3.63) is 45.3 Å². The van der Waals surface area contributed by atoms with E-state index in [2.05, 4.69) is 25.5 Å². The second-order valence-electron chi connectivity index (χ2n) is 5.51. The van der Waals surface area contributed by atoms with Crippen LogP contribution < -0.4 is 10.9 Å². The van der Waals surface area contributed by atoms with E-state index >= 15 is 0 Å². The summed E-state index contributed by atoms with van der Waals surface area (Å²) in [6.45, 7) is 5.68. The van der Waals surface area contributed by atoms with E-state index in [0.717, 1.165) is 0 Å². The molecule has 120 valence electrons. The second-order valence-corrected chi connectivity index (χ2v) is 6.38. The number of aryl methyl sites for hydroxylation is 1. The molecule has 0 radical (unpaired) electrons. The Bertz CT molecular complexity index is 909. The molecule has 0 saturated heterocycles. The molecule has 9 heteroatoms. The largest absolute Gasteiger partial charge is 0.341 e. The molecule has 0 aliphatic heterocycles. The van der Waals surface area contributed by atoms with E-state index in [1.54, 1.807) is 18.5 Å². The lowest BCUT2D eigenvalue weighted by Gasteiger charge is -2.19. The zero-order valence-electron chi connectivity index (χ0n) is 12.9. The molecule has 1 unspecified atom stereocenters. The second kappa shape index (κ2) is 5.92. The predicted molar refractivity (Wildman–Crippen MR) is 85.5 cm³/mol. The van der Waals surface area contributed by atoms with Crippen LogP contribution in [0, 0.1) is 12.8 Å². The van der Waals surface area contributed by atoms with E-state index in [-0.39, 0.29) is 17.0 Å². The van der Waals surface area contributed by atoms with Gasteiger partial charge in [0.15, 0.2) is 10.8 Å². The summed E-state index contributed by atoms with van der Waals surface area (Å²) in [6.07, 6.45) is 2.91. The topological polar surface area (TPSA) is 105 Å². The highest BCUT2D eigenvalue weighted by atomic mass is 32.1. The van der Waals surface area contributed by atoms with Crippen molar-refractivity contribution in [2.45, 2.75) is 26.8 Å². The van der Waals surface area contributed by atoms with Crippen LogP contribution in [-0.2, 0) is 0 Å². The molecule has 0 spiro atoms. The Morgan fingerprint density at radius 3 is 2.87 bits per heavy atom. The van der Waals surface area contributed by atoms with Crippen LogP contribution in [-0.4, -0.2) is 30.5 Å². The number of aromatic amines is 1. The van der Waals surface area contributed by atoms with Gasteiger partial charge in [0.25, 0.3) is 11.5 Å². The molecule has 1 atom stereocenters. The average molecular weight is 332 g/mol. The number of fused-ring (bicyclic) bond motifs is 1. The zero-order valence-corrected chi connectivity index (χ0v) is 13.7. The van der Waals surface area contributed by atoms with Crippen molar-refractivity contribution in [2.75, 3.05) is 0 Å². The number of nitrogens with zero attached hydrogens (tertiary/aromatic N) is 4. The molecule has 3 aromatic rings. The Labute approximate surface area is 135 Å². The molecular weight excluding hydrogens is 316 g/mol. The van der Waals surface area contributed by atoms with Crippen LogP contribution in [0.4, 0.5) is 0 Å². The molecule has 3 aromatic heterocycles. The fraction of sp³-hybridized carbons (Fsp3) is 0.357. The number of carbonyl (C=O) groups excluding carboxylic acids is 1. The Kier molecular flexibility index (Phi) is 3.95. The van der Waals surface area contributed by atoms with Gasteiger partial charge in [-0.3, -0.25) is 19.1 Å². The van der Waals surface area contributed by atoms with Crippen LogP contribution in [0.1, 0.15) is 41.9 Å². The molecule has 1 amide bonds. The van der Waals surface area contributed by atoms with Crippen molar-refractivity contribution in [1.29, 1.82) is 0 Å². The maximum atomic E-state index is 12.5. The molecule has 3 rings (SSSR count). The highest BCUT2D eigenvalue weighted by molar-refractivity contribution is 7.15. The van der Waals surface area contributed by atoms with Crippen LogP contribution in [0.2, 0.25) is 0 Å². The summed E-state index contributed by atoms with van der Waals surface area (Å²) in [7, 11) is 0. The van der Waals surface area contributed by atoms with Crippen molar-refractivity contribution in [3.63, 3.8) is 0 Å². The monoisotopic (exact) mass is 332 g/mol. The summed E-state index contributed by atoms with van der Waals surface area (Å²) < 4.78 is 1.36. The number of hydrogen-bond acceptors (Lipinski definition) is 6. The lowest BCUT2D eigenvalue weighted by atomic mass is 10.0. The Morgan fingerprint density at radius 1 is 1.43 bits per heavy atom. The van der Waals surface area contributed by atoms with Gasteiger partial charge in [0.1, 0.15) is 11.4 Å². The van der Waals surface area contributed by atoms with Crippen LogP contribution in [0.3, 0.4) is 0 Å². The molecule has 0 aromatic carbocycles. The molecule has 23 heavy (non-hydrogen) atoms. The minimum absolute atomic E-state index is 0.00110. The van der Waals surface area contributed by atoms with Gasteiger partial charge in [-0.2, -0.15) is 5.10 Å². The highest BCUT2D eigenvalue weighted by Crippen LogP contribution is 2.18. The molecule has 0 fully saturated rings. The summed E-state index contributed by atoms with van der Waals surface area (Å²) in [4.78, 5) is 33.8. The Morgan fingerprint density at radius 2 is 2.22 bits per heavy atom. The number of H-pyrrole nitrogens is 1. The standard InChI is InChI=1S/C14H16N6O2S/c1-7(2)10(11-16-8(3)18-19-11)17-12(21)9-6-15-14-20(13(9)22)4-5-23-14/h4-7,10H,1-3H3,(H,17,21)(H,16,18,19). The van der Waals surface area contributed by atoms with E-state index in [9.17, 15) is 9.59 Å². The predicted octanol–water partition coefficient (Wildman–Crippen LogP) is 1.31. The van der Waals surface area contributed by atoms with E-state index in [1.165, 1.54) is 21.9 Å². The van der Waals surface area contributed by atoms with Crippen molar-refractivity contribution < 1.29 is 4.79 Å². The first-order valence-corrected chi connectivity index (χ1v) is 8.00. The van der Waals surface area contributed by atoms with Gasteiger partial charge in [-0.25, -0.2) is 9.97 Å². The SMILES string of the molecule is Cc1nc(C(NC(=O)c2cnc3sccn3c2=O)C(C)C)n[nH]1. The number of thiazole rings is 1. The number of aromatic nitrogens is 5. The number of carbonyl (C=O) groups is 1. The first-order valence-electron chi connectivity index (χ1n) is 7.12. The van der Waals surface area contributed by atoms with Crippen molar-refractivity contribution >= 4 is 22.2 Å². The summed E-state index contributed by atoms with van der Waals surface area (Å²) in [5.74, 6) is 0.746. The number of hydrogen-bond donors (Lipinski definition) is 2. The summed E-state index contributed by atoms with van der Waals surface area (Å²) in [5.41, 5.74) is -0.388. The van der Waals surface area contributed by atoms with Gasteiger partial charge in [-0.05, 0) is 12.8 Å². The van der Waals surface area contributed by atoms with Gasteiger partial charge >= 0.3 is 0 Å². The van der Waals surface area contributed by atoms with Crippen LogP contribution in [0.15, 0.2) is 22.6 Å². The Balaban J connectivity index is 1.92. The minimum Gasteiger partial charge on any atom is -0.341 e. The Hall–Kier alpha value is -2.55. The molecule has 0 bridgehead atoms. The van der Waals surface area contributed by atoms with Crippen molar-refractivity contribution in [2.24, 2.45) is 5.92 Å². The number of amides is 1. The lowest BCUT2D eigenvalue weighted by molar-refractivity contribution is 0.0921. The van der Waals surface area contributed by atoms with E-state index in [1.807, 2.05) is 13.8 Å². The lowest BCUT2D eigenvalue weighted by Crippen LogP contribution is -2.36. The highest BCUT2D eigenvalue weighted by Gasteiger charge is 2.24. The normalized spacial score (nSPS) is 12.7. The van der Waals surface area contributed by atoms with Crippen LogP contribution in [0.25, 0.3) is 4.96 Å². The summed E-state index contributed by atoms with van der Waals surface area (Å²) in [5, 5.41) is 11.4. The quantitative estimate of drug-likeness (QED) is 0.749. The minimum atomic E-state index is -0.482. The zero-order chi connectivity index (χ0) is 16.6. The fourth-order valence-corrected chi connectivity index (χ4v) is 2.90. The van der Waals surface area contributed by atoms with E-state index in [0.29, 0.717) is 16.6 Å².